The summed E-state index contributed by atoms with van der Waals surface area (Å²) in [5, 5.41) is 3.75. The Morgan fingerprint density at radius 1 is 1.21 bits per heavy atom. The topological polar surface area (TPSA) is 78.8 Å². The molecule has 29 heavy (non-hydrogen) atoms. The van der Waals surface area contributed by atoms with Gasteiger partial charge in [0.05, 0.1) is 23.7 Å². The molecule has 0 heterocycles. The molecule has 0 atom stereocenters. The Bertz CT molecular complexity index is 991. The highest BCUT2D eigenvalue weighted by atomic mass is 32.2. The second kappa shape index (κ2) is 9.31. The Labute approximate surface area is 170 Å². The smallest absolute Gasteiger partial charge is 0.271 e. The molecule has 0 aliphatic heterocycles. The van der Waals surface area contributed by atoms with Gasteiger partial charge < -0.3 is 0 Å². The summed E-state index contributed by atoms with van der Waals surface area (Å²) < 4.78 is 63.3. The summed E-state index contributed by atoms with van der Waals surface area (Å²) >= 11 is 1.57. The number of carbonyl (C=O) groups is 1. The zero-order chi connectivity index (χ0) is 21.7. The first kappa shape index (κ1) is 22.8. The molecule has 0 saturated heterocycles. The summed E-state index contributed by atoms with van der Waals surface area (Å²) in [5.74, 6) is -0.801. The van der Waals surface area contributed by atoms with E-state index >= 15 is 0 Å². The lowest BCUT2D eigenvalue weighted by Crippen LogP contribution is -2.39. The number of carbonyl (C=O) groups excluding carboxylic acids is 1. The maximum absolute atomic E-state index is 12.9. The fourth-order valence-corrected chi connectivity index (χ4v) is 3.53. The molecule has 0 aliphatic rings. The van der Waals surface area contributed by atoms with Crippen LogP contribution in [-0.2, 0) is 21.0 Å². The van der Waals surface area contributed by atoms with Crippen molar-refractivity contribution in [2.45, 2.75) is 11.1 Å². The number of amides is 1. The van der Waals surface area contributed by atoms with Gasteiger partial charge in [-0.2, -0.15) is 18.3 Å². The monoisotopic (exact) mass is 445 g/mol. The van der Waals surface area contributed by atoms with E-state index in [9.17, 15) is 26.4 Å². The highest BCUT2D eigenvalue weighted by Gasteiger charge is 2.31. The quantitative estimate of drug-likeness (QED) is 0.403. The zero-order valence-corrected chi connectivity index (χ0v) is 17.1. The fourth-order valence-electron chi connectivity index (χ4n) is 2.27. The molecule has 0 saturated carbocycles. The number of anilines is 1. The molecule has 1 N–H and O–H groups in total. The van der Waals surface area contributed by atoms with Gasteiger partial charge in [0.1, 0.15) is 6.54 Å². The summed E-state index contributed by atoms with van der Waals surface area (Å²) in [6, 6.07) is 11.0. The van der Waals surface area contributed by atoms with Gasteiger partial charge in [0.15, 0.2) is 0 Å². The minimum Gasteiger partial charge on any atom is -0.271 e. The molecule has 1 amide bonds. The maximum atomic E-state index is 12.9. The molecule has 0 bridgehead atoms. The van der Waals surface area contributed by atoms with Crippen LogP contribution in [0, 0.1) is 0 Å². The molecule has 0 aliphatic carbocycles. The van der Waals surface area contributed by atoms with E-state index in [1.807, 2.05) is 18.4 Å². The van der Waals surface area contributed by atoms with Gasteiger partial charge in [-0.15, -0.1) is 11.8 Å². The maximum Gasteiger partial charge on any atom is 0.416 e. The molecule has 0 aromatic heterocycles. The Hall–Kier alpha value is -2.53. The first-order chi connectivity index (χ1) is 13.5. The van der Waals surface area contributed by atoms with Crippen molar-refractivity contribution in [1.82, 2.24) is 5.43 Å². The van der Waals surface area contributed by atoms with Gasteiger partial charge in [0.25, 0.3) is 5.91 Å². The van der Waals surface area contributed by atoms with Crippen LogP contribution in [0.4, 0.5) is 18.9 Å². The number of rotatable bonds is 7. The number of benzene rings is 2. The third kappa shape index (κ3) is 6.79. The number of thioether (sulfide) groups is 1. The minimum absolute atomic E-state index is 0.269. The lowest BCUT2D eigenvalue weighted by atomic mass is 10.2. The van der Waals surface area contributed by atoms with E-state index in [0.717, 1.165) is 23.3 Å². The average molecular weight is 445 g/mol. The largest absolute Gasteiger partial charge is 0.416 e. The molecule has 6 nitrogen and oxygen atoms in total. The Morgan fingerprint density at radius 2 is 1.86 bits per heavy atom. The standard InChI is InChI=1S/C18H18F3N3O3S2/c1-28-16-8-6-13(7-9-16)11-22-23-17(25)12-24(29(2,26)27)15-5-3-4-14(10-15)18(19,20)21/h3-11H,12H2,1-2H3,(H,23,25)/b22-11-. The molecule has 0 spiro atoms. The molecule has 0 unspecified atom stereocenters. The second-order valence-corrected chi connectivity index (χ2v) is 8.67. The van der Waals surface area contributed by atoms with Crippen molar-refractivity contribution in [3.63, 3.8) is 0 Å². The number of nitrogens with zero attached hydrogens (tertiary/aromatic N) is 2. The van der Waals surface area contributed by atoms with Crippen LogP contribution in [0.5, 0.6) is 0 Å². The van der Waals surface area contributed by atoms with E-state index in [-0.39, 0.29) is 5.69 Å². The molecule has 0 fully saturated rings. The molecule has 0 radical (unpaired) electrons. The molecule has 156 valence electrons. The van der Waals surface area contributed by atoms with Crippen molar-refractivity contribution in [3.8, 4) is 0 Å². The highest BCUT2D eigenvalue weighted by Crippen LogP contribution is 2.32. The van der Waals surface area contributed by atoms with Gasteiger partial charge in [-0.3, -0.25) is 9.10 Å². The van der Waals surface area contributed by atoms with Crippen molar-refractivity contribution in [2.24, 2.45) is 5.10 Å². The Balaban J connectivity index is 2.12. The summed E-state index contributed by atoms with van der Waals surface area (Å²) in [4.78, 5) is 13.1. The number of hydrazone groups is 1. The minimum atomic E-state index is -4.64. The Kier molecular flexibility index (Phi) is 7.31. The van der Waals surface area contributed by atoms with E-state index < -0.39 is 34.2 Å². The summed E-state index contributed by atoms with van der Waals surface area (Å²) in [7, 11) is -4.01. The second-order valence-electron chi connectivity index (χ2n) is 5.88. The van der Waals surface area contributed by atoms with Gasteiger partial charge in [0, 0.05) is 4.90 Å². The Morgan fingerprint density at radius 3 is 2.41 bits per heavy atom. The third-order valence-electron chi connectivity index (χ3n) is 3.67. The van der Waals surface area contributed by atoms with Crippen LogP contribution >= 0.6 is 11.8 Å². The van der Waals surface area contributed by atoms with Crippen LogP contribution in [0.15, 0.2) is 58.5 Å². The lowest BCUT2D eigenvalue weighted by Gasteiger charge is -2.22. The molecule has 2 rings (SSSR count). The molecular formula is C18H18F3N3O3S2. The van der Waals surface area contributed by atoms with Crippen LogP contribution < -0.4 is 9.73 Å². The molecular weight excluding hydrogens is 427 g/mol. The van der Waals surface area contributed by atoms with Crippen molar-refractivity contribution in [1.29, 1.82) is 0 Å². The van der Waals surface area contributed by atoms with Gasteiger partial charge in [-0.25, -0.2) is 13.8 Å². The van der Waals surface area contributed by atoms with E-state index in [0.29, 0.717) is 15.9 Å². The zero-order valence-electron chi connectivity index (χ0n) is 15.5. The number of hydrogen-bond donors (Lipinski definition) is 1. The van der Waals surface area contributed by atoms with Gasteiger partial charge in [0.2, 0.25) is 10.0 Å². The number of halogens is 3. The van der Waals surface area contributed by atoms with Crippen LogP contribution in [-0.4, -0.2) is 39.6 Å². The first-order valence-corrected chi connectivity index (χ1v) is 11.2. The van der Waals surface area contributed by atoms with Gasteiger partial charge >= 0.3 is 6.18 Å². The number of nitrogens with one attached hydrogen (secondary N) is 1. The number of hydrogen-bond acceptors (Lipinski definition) is 5. The van der Waals surface area contributed by atoms with Crippen LogP contribution in [0.1, 0.15) is 11.1 Å². The fraction of sp³-hybridized carbons (Fsp3) is 0.222. The average Bonchev–Trinajstić information content (AvgIpc) is 2.65. The SMILES string of the molecule is CSc1ccc(/C=N\NC(=O)CN(c2cccc(C(F)(F)F)c2)S(C)(=O)=O)cc1. The molecule has 2 aromatic rings. The summed E-state index contributed by atoms with van der Waals surface area (Å²) in [6.07, 6.45) is -0.535. The first-order valence-electron chi connectivity index (χ1n) is 8.11. The lowest BCUT2D eigenvalue weighted by molar-refractivity contribution is -0.137. The van der Waals surface area contributed by atoms with Crippen molar-refractivity contribution in [3.05, 3.63) is 59.7 Å². The molecule has 11 heteroatoms. The third-order valence-corrected chi connectivity index (χ3v) is 5.55. The van der Waals surface area contributed by atoms with Crippen LogP contribution in [0.25, 0.3) is 0 Å². The van der Waals surface area contributed by atoms with Crippen molar-refractivity contribution >= 4 is 39.6 Å². The van der Waals surface area contributed by atoms with E-state index in [4.69, 9.17) is 0 Å². The van der Waals surface area contributed by atoms with Gasteiger partial charge in [-0.05, 0) is 42.2 Å². The summed E-state index contributed by atoms with van der Waals surface area (Å²) in [5.41, 5.74) is 1.60. The normalized spacial score (nSPS) is 12.2. The van der Waals surface area contributed by atoms with Crippen molar-refractivity contribution < 1.29 is 26.4 Å². The predicted octanol–water partition coefficient (Wildman–Crippen LogP) is 3.34. The van der Waals surface area contributed by atoms with E-state index in [1.165, 1.54) is 12.3 Å². The van der Waals surface area contributed by atoms with E-state index in [2.05, 4.69) is 10.5 Å². The van der Waals surface area contributed by atoms with Crippen LogP contribution in [0.2, 0.25) is 0 Å². The van der Waals surface area contributed by atoms with Crippen LogP contribution in [0.3, 0.4) is 0 Å². The summed E-state index contributed by atoms with van der Waals surface area (Å²) in [6.45, 7) is -0.719. The highest BCUT2D eigenvalue weighted by molar-refractivity contribution is 7.98. The predicted molar refractivity (Wildman–Crippen MR) is 108 cm³/mol. The van der Waals surface area contributed by atoms with E-state index in [1.54, 1.807) is 23.9 Å². The number of alkyl halides is 3. The van der Waals surface area contributed by atoms with Crippen molar-refractivity contribution in [2.75, 3.05) is 23.4 Å². The van der Waals surface area contributed by atoms with Gasteiger partial charge in [-0.1, -0.05) is 18.2 Å². The molecule has 2 aromatic carbocycles. The number of sulfonamides is 1.